The molecule has 8 heteroatoms. The molecule has 3 rings (SSSR count). The molecular formula is C19H19N3O5. The molecule has 1 heterocycles. The van der Waals surface area contributed by atoms with E-state index in [1.165, 1.54) is 18.1 Å². The lowest BCUT2D eigenvalue weighted by Gasteiger charge is -2.19. The molecule has 140 valence electrons. The molecule has 2 aromatic rings. The Morgan fingerprint density at radius 1 is 1.30 bits per heavy atom. The number of rotatable bonds is 5. The lowest BCUT2D eigenvalue weighted by Crippen LogP contribution is -2.28. The molecule has 1 N–H and O–H groups in total. The third-order valence-corrected chi connectivity index (χ3v) is 4.55. The monoisotopic (exact) mass is 369 g/mol. The number of hydrogen-bond donors (Lipinski definition) is 1. The van der Waals surface area contributed by atoms with Gasteiger partial charge in [0.15, 0.2) is 0 Å². The third-order valence-electron chi connectivity index (χ3n) is 4.55. The Balaban J connectivity index is 1.75. The standard InChI is InChI=1S/C19H19N3O5/c1-12-7-8-14(10-16(12)22(25)26)20-19(24)13-9-18(23)21(11-13)15-5-3-4-6-17(15)27-2/h3-8,10,13H,9,11H2,1-2H3,(H,20,24)/t13-/m1/s1. The Morgan fingerprint density at radius 2 is 2.04 bits per heavy atom. The highest BCUT2D eigenvalue weighted by Crippen LogP contribution is 2.33. The van der Waals surface area contributed by atoms with Crippen LogP contribution >= 0.6 is 0 Å². The van der Waals surface area contributed by atoms with Crippen molar-refractivity contribution in [1.29, 1.82) is 0 Å². The number of carbonyl (C=O) groups excluding carboxylic acids is 2. The van der Waals surface area contributed by atoms with Gasteiger partial charge in [-0.15, -0.1) is 0 Å². The number of nitro groups is 1. The summed E-state index contributed by atoms with van der Waals surface area (Å²) in [4.78, 5) is 37.1. The highest BCUT2D eigenvalue weighted by atomic mass is 16.6. The zero-order chi connectivity index (χ0) is 19.6. The SMILES string of the molecule is COc1ccccc1N1C[C@H](C(=O)Nc2ccc(C)c([N+](=O)[O-])c2)CC1=O. The minimum atomic E-state index is -0.553. The van der Waals surface area contributed by atoms with E-state index in [4.69, 9.17) is 4.74 Å². The maximum atomic E-state index is 12.6. The van der Waals surface area contributed by atoms with Crippen molar-refractivity contribution in [2.24, 2.45) is 5.92 Å². The fraction of sp³-hybridized carbons (Fsp3) is 0.263. The number of nitrogens with zero attached hydrogens (tertiary/aromatic N) is 2. The third kappa shape index (κ3) is 3.74. The second-order valence-electron chi connectivity index (χ2n) is 6.32. The van der Waals surface area contributed by atoms with Crippen LogP contribution in [-0.2, 0) is 9.59 Å². The van der Waals surface area contributed by atoms with Crippen molar-refractivity contribution < 1.29 is 19.2 Å². The van der Waals surface area contributed by atoms with Crippen molar-refractivity contribution in [1.82, 2.24) is 0 Å². The number of hydrogen-bond acceptors (Lipinski definition) is 5. The molecule has 0 radical (unpaired) electrons. The van der Waals surface area contributed by atoms with Gasteiger partial charge in [0.05, 0.1) is 23.6 Å². The summed E-state index contributed by atoms with van der Waals surface area (Å²) in [7, 11) is 1.52. The van der Waals surface area contributed by atoms with E-state index in [2.05, 4.69) is 5.32 Å². The number of aryl methyl sites for hydroxylation is 1. The van der Waals surface area contributed by atoms with Crippen LogP contribution in [0.5, 0.6) is 5.75 Å². The minimum Gasteiger partial charge on any atom is -0.495 e. The van der Waals surface area contributed by atoms with Crippen LogP contribution in [-0.4, -0.2) is 30.4 Å². The summed E-state index contributed by atoms with van der Waals surface area (Å²) in [6.45, 7) is 1.85. The van der Waals surface area contributed by atoms with Crippen molar-refractivity contribution in [3.63, 3.8) is 0 Å². The number of benzene rings is 2. The highest BCUT2D eigenvalue weighted by molar-refractivity contribution is 6.04. The normalized spacial score (nSPS) is 16.3. The molecule has 0 aliphatic carbocycles. The van der Waals surface area contributed by atoms with Gasteiger partial charge in [0.1, 0.15) is 5.75 Å². The van der Waals surface area contributed by atoms with Gasteiger partial charge in [-0.05, 0) is 25.1 Å². The zero-order valence-corrected chi connectivity index (χ0v) is 15.0. The van der Waals surface area contributed by atoms with Gasteiger partial charge in [0, 0.05) is 30.3 Å². The number of methoxy groups -OCH3 is 1. The fourth-order valence-corrected chi connectivity index (χ4v) is 3.10. The molecule has 0 bridgehead atoms. The summed E-state index contributed by atoms with van der Waals surface area (Å²) in [6.07, 6.45) is 0.0673. The Kier molecular flexibility index (Phi) is 5.07. The van der Waals surface area contributed by atoms with E-state index < -0.39 is 10.8 Å². The van der Waals surface area contributed by atoms with E-state index in [-0.39, 0.29) is 30.5 Å². The van der Waals surface area contributed by atoms with Gasteiger partial charge in [0.2, 0.25) is 11.8 Å². The molecule has 1 fully saturated rings. The Bertz CT molecular complexity index is 912. The molecule has 0 unspecified atom stereocenters. The molecule has 1 aliphatic heterocycles. The smallest absolute Gasteiger partial charge is 0.274 e. The molecule has 1 aliphatic rings. The number of amides is 2. The van der Waals surface area contributed by atoms with Crippen LogP contribution < -0.4 is 15.0 Å². The number of nitrogens with one attached hydrogen (secondary N) is 1. The number of para-hydroxylation sites is 2. The van der Waals surface area contributed by atoms with Gasteiger partial charge in [-0.25, -0.2) is 0 Å². The molecule has 8 nitrogen and oxygen atoms in total. The zero-order valence-electron chi connectivity index (χ0n) is 15.0. The second kappa shape index (κ2) is 7.45. The molecule has 2 amide bonds. The van der Waals surface area contributed by atoms with Crippen molar-refractivity contribution in [3.05, 3.63) is 58.1 Å². The molecule has 0 aromatic heterocycles. The van der Waals surface area contributed by atoms with E-state index in [0.29, 0.717) is 22.7 Å². The van der Waals surface area contributed by atoms with Crippen LogP contribution in [0.4, 0.5) is 17.1 Å². The van der Waals surface area contributed by atoms with Gasteiger partial charge in [-0.2, -0.15) is 0 Å². The van der Waals surface area contributed by atoms with Crippen LogP contribution in [0.3, 0.4) is 0 Å². The summed E-state index contributed by atoms with van der Waals surface area (Å²) in [5.74, 6) is -0.516. The van der Waals surface area contributed by atoms with Crippen LogP contribution in [0.1, 0.15) is 12.0 Å². The average molecular weight is 369 g/mol. The number of ether oxygens (including phenoxy) is 1. The second-order valence-corrected chi connectivity index (χ2v) is 6.32. The van der Waals surface area contributed by atoms with Crippen molar-refractivity contribution in [2.45, 2.75) is 13.3 Å². The summed E-state index contributed by atoms with van der Waals surface area (Å²) >= 11 is 0. The van der Waals surface area contributed by atoms with Gasteiger partial charge >= 0.3 is 0 Å². The molecule has 0 saturated carbocycles. The van der Waals surface area contributed by atoms with Crippen molar-refractivity contribution in [3.8, 4) is 5.75 Å². The van der Waals surface area contributed by atoms with Crippen LogP contribution in [0.2, 0.25) is 0 Å². The lowest BCUT2D eigenvalue weighted by molar-refractivity contribution is -0.385. The largest absolute Gasteiger partial charge is 0.495 e. The molecule has 0 spiro atoms. The van der Waals surface area contributed by atoms with Gasteiger partial charge in [-0.1, -0.05) is 18.2 Å². The highest BCUT2D eigenvalue weighted by Gasteiger charge is 2.36. The fourth-order valence-electron chi connectivity index (χ4n) is 3.10. The Hall–Kier alpha value is -3.42. The van der Waals surface area contributed by atoms with Gasteiger partial charge in [0.25, 0.3) is 5.69 Å². The average Bonchev–Trinajstić information content (AvgIpc) is 3.04. The molecule has 27 heavy (non-hydrogen) atoms. The first-order valence-corrected chi connectivity index (χ1v) is 8.40. The molecule has 2 aromatic carbocycles. The summed E-state index contributed by atoms with van der Waals surface area (Å²) in [5.41, 5.74) is 1.40. The minimum absolute atomic E-state index is 0.0639. The predicted molar refractivity (Wildman–Crippen MR) is 99.9 cm³/mol. The van der Waals surface area contributed by atoms with E-state index >= 15 is 0 Å². The maximum Gasteiger partial charge on any atom is 0.274 e. The number of nitro benzene ring substituents is 1. The van der Waals surface area contributed by atoms with Crippen LogP contribution in [0.25, 0.3) is 0 Å². The van der Waals surface area contributed by atoms with Gasteiger partial charge in [-0.3, -0.25) is 19.7 Å². The summed E-state index contributed by atoms with van der Waals surface area (Å²) in [6, 6.07) is 11.6. The topological polar surface area (TPSA) is 102 Å². The first-order chi connectivity index (χ1) is 12.9. The van der Waals surface area contributed by atoms with Crippen molar-refractivity contribution >= 4 is 28.9 Å². The van der Waals surface area contributed by atoms with Crippen LogP contribution in [0, 0.1) is 23.0 Å². The molecule has 1 saturated heterocycles. The summed E-state index contributed by atoms with van der Waals surface area (Å²) in [5, 5.41) is 13.7. The van der Waals surface area contributed by atoms with E-state index in [9.17, 15) is 19.7 Å². The summed E-state index contributed by atoms with van der Waals surface area (Å²) < 4.78 is 5.29. The van der Waals surface area contributed by atoms with E-state index in [1.807, 2.05) is 0 Å². The predicted octanol–water partition coefficient (Wildman–Crippen LogP) is 2.90. The van der Waals surface area contributed by atoms with E-state index in [0.717, 1.165) is 0 Å². The molecular weight excluding hydrogens is 350 g/mol. The first-order valence-electron chi connectivity index (χ1n) is 8.40. The number of carbonyl (C=O) groups is 2. The van der Waals surface area contributed by atoms with Crippen LogP contribution in [0.15, 0.2) is 42.5 Å². The first kappa shape index (κ1) is 18.4. The lowest BCUT2D eigenvalue weighted by atomic mass is 10.1. The quantitative estimate of drug-likeness (QED) is 0.645. The Morgan fingerprint density at radius 3 is 2.74 bits per heavy atom. The maximum absolute atomic E-state index is 12.6. The van der Waals surface area contributed by atoms with Gasteiger partial charge < -0.3 is 15.0 Å². The van der Waals surface area contributed by atoms with E-state index in [1.54, 1.807) is 43.3 Å². The molecule has 1 atom stereocenters. The van der Waals surface area contributed by atoms with Crippen molar-refractivity contribution in [2.75, 3.05) is 23.9 Å². The number of anilines is 2. The Labute approximate surface area is 155 Å².